The molecule has 4 rings (SSSR count). The van der Waals surface area contributed by atoms with Gasteiger partial charge in [0.05, 0.1) is 23.6 Å². The highest BCUT2D eigenvalue weighted by Crippen LogP contribution is 2.35. The molecule has 0 aromatic heterocycles. The lowest BCUT2D eigenvalue weighted by atomic mass is 9.95. The molecule has 1 heterocycles. The van der Waals surface area contributed by atoms with Gasteiger partial charge in [0.15, 0.2) is 0 Å². The van der Waals surface area contributed by atoms with Crippen LogP contribution < -0.4 is 5.32 Å². The van der Waals surface area contributed by atoms with Gasteiger partial charge in [0.25, 0.3) is 0 Å². The van der Waals surface area contributed by atoms with Gasteiger partial charge < -0.3 is 10.2 Å². The summed E-state index contributed by atoms with van der Waals surface area (Å²) < 4.78 is 39.7. The zero-order valence-corrected chi connectivity index (χ0v) is 17.4. The van der Waals surface area contributed by atoms with Crippen LogP contribution in [0.3, 0.4) is 0 Å². The molecule has 1 aliphatic heterocycles. The van der Waals surface area contributed by atoms with E-state index in [9.17, 15) is 22.8 Å². The van der Waals surface area contributed by atoms with Crippen LogP contribution in [0.2, 0.25) is 0 Å². The number of halogens is 3. The van der Waals surface area contributed by atoms with Gasteiger partial charge in [-0.05, 0) is 41.3 Å². The van der Waals surface area contributed by atoms with Gasteiger partial charge in [-0.25, -0.2) is 0 Å². The number of amides is 2. The van der Waals surface area contributed by atoms with E-state index < -0.39 is 23.6 Å². The average Bonchev–Trinajstić information content (AvgIpc) is 2.79. The maximum Gasteiger partial charge on any atom is 0.418 e. The Bertz CT molecular complexity index is 1140. The van der Waals surface area contributed by atoms with Crippen molar-refractivity contribution in [3.63, 3.8) is 0 Å². The fourth-order valence-corrected chi connectivity index (χ4v) is 4.21. The van der Waals surface area contributed by atoms with E-state index in [-0.39, 0.29) is 24.6 Å². The quantitative estimate of drug-likeness (QED) is 0.600. The summed E-state index contributed by atoms with van der Waals surface area (Å²) in [5.41, 5.74) is -0.226. The van der Waals surface area contributed by atoms with Crippen molar-refractivity contribution in [3.05, 3.63) is 77.9 Å². The average molecular weight is 440 g/mol. The Kier molecular flexibility index (Phi) is 6.17. The van der Waals surface area contributed by atoms with Gasteiger partial charge in [0.1, 0.15) is 0 Å². The van der Waals surface area contributed by atoms with Gasteiger partial charge in [0.2, 0.25) is 11.8 Å². The van der Waals surface area contributed by atoms with E-state index in [0.717, 1.165) is 22.4 Å². The van der Waals surface area contributed by atoms with Gasteiger partial charge in [-0.1, -0.05) is 54.6 Å². The second-order valence-corrected chi connectivity index (χ2v) is 8.03. The molecule has 1 saturated heterocycles. The number of anilines is 1. The van der Waals surface area contributed by atoms with Crippen LogP contribution in [-0.2, 0) is 22.2 Å². The third-order valence-electron chi connectivity index (χ3n) is 5.86. The van der Waals surface area contributed by atoms with Crippen molar-refractivity contribution < 1.29 is 22.8 Å². The Morgan fingerprint density at radius 1 is 0.969 bits per heavy atom. The number of fused-ring (bicyclic) bond motifs is 1. The highest BCUT2D eigenvalue weighted by molar-refractivity contribution is 5.94. The van der Waals surface area contributed by atoms with Gasteiger partial charge in [-0.15, -0.1) is 0 Å². The van der Waals surface area contributed by atoms with Gasteiger partial charge in [0, 0.05) is 13.1 Å². The van der Waals surface area contributed by atoms with Crippen LogP contribution in [0.25, 0.3) is 10.8 Å². The Balaban J connectivity index is 1.44. The number of likely N-dealkylation sites (tertiary alicyclic amines) is 1. The predicted molar refractivity (Wildman–Crippen MR) is 117 cm³/mol. The Hall–Kier alpha value is -3.35. The summed E-state index contributed by atoms with van der Waals surface area (Å²) in [6.07, 6.45) is -3.19. The van der Waals surface area contributed by atoms with Crippen LogP contribution in [0.5, 0.6) is 0 Å². The van der Waals surface area contributed by atoms with Crippen molar-refractivity contribution in [3.8, 4) is 0 Å². The number of piperidine rings is 1. The Morgan fingerprint density at radius 3 is 2.50 bits per heavy atom. The topological polar surface area (TPSA) is 49.4 Å². The second-order valence-electron chi connectivity index (χ2n) is 8.03. The number of hydrogen-bond acceptors (Lipinski definition) is 2. The van der Waals surface area contributed by atoms with Crippen LogP contribution in [0.4, 0.5) is 18.9 Å². The summed E-state index contributed by atoms with van der Waals surface area (Å²) >= 11 is 0. The van der Waals surface area contributed by atoms with E-state index in [0.29, 0.717) is 19.4 Å². The minimum absolute atomic E-state index is 0.0884. The fourth-order valence-electron chi connectivity index (χ4n) is 4.21. The van der Waals surface area contributed by atoms with E-state index in [1.165, 1.54) is 18.2 Å². The number of nitrogens with zero attached hydrogens (tertiary/aromatic N) is 1. The first-order chi connectivity index (χ1) is 15.3. The molecule has 7 heteroatoms. The molecule has 1 aliphatic rings. The lowest BCUT2D eigenvalue weighted by Gasteiger charge is -2.32. The number of benzene rings is 3. The van der Waals surface area contributed by atoms with Crippen LogP contribution in [0, 0.1) is 5.92 Å². The van der Waals surface area contributed by atoms with Crippen LogP contribution >= 0.6 is 0 Å². The van der Waals surface area contributed by atoms with Crippen LogP contribution in [0.1, 0.15) is 24.0 Å². The first-order valence-corrected chi connectivity index (χ1v) is 10.5. The number of rotatable bonds is 4. The molecule has 166 valence electrons. The molecule has 32 heavy (non-hydrogen) atoms. The zero-order valence-electron chi connectivity index (χ0n) is 17.4. The summed E-state index contributed by atoms with van der Waals surface area (Å²) in [7, 11) is 0. The first kappa shape index (κ1) is 21.9. The zero-order chi connectivity index (χ0) is 22.7. The minimum Gasteiger partial charge on any atom is -0.342 e. The normalized spacial score (nSPS) is 16.7. The molecule has 0 aliphatic carbocycles. The van der Waals surface area contributed by atoms with Crippen LogP contribution in [0.15, 0.2) is 66.7 Å². The maximum absolute atomic E-state index is 13.2. The van der Waals surface area contributed by atoms with E-state index in [1.54, 1.807) is 4.90 Å². The summed E-state index contributed by atoms with van der Waals surface area (Å²) in [6, 6.07) is 18.6. The van der Waals surface area contributed by atoms with Crippen molar-refractivity contribution in [2.24, 2.45) is 5.92 Å². The Labute approximate surface area is 184 Å². The van der Waals surface area contributed by atoms with Crippen molar-refractivity contribution in [2.45, 2.75) is 25.4 Å². The molecule has 2 amide bonds. The van der Waals surface area contributed by atoms with Crippen LogP contribution in [-0.4, -0.2) is 29.8 Å². The highest BCUT2D eigenvalue weighted by Gasteiger charge is 2.35. The van der Waals surface area contributed by atoms with Crippen molar-refractivity contribution in [1.29, 1.82) is 0 Å². The van der Waals surface area contributed by atoms with Gasteiger partial charge in [-0.2, -0.15) is 13.2 Å². The first-order valence-electron chi connectivity index (χ1n) is 10.5. The molecule has 1 N–H and O–H groups in total. The standard InChI is InChI=1S/C25H23F3N2O2/c26-25(27,28)21-12-3-4-13-22(21)29-24(32)19-10-6-14-30(16-19)23(31)15-18-9-5-8-17-7-1-2-11-20(17)18/h1-5,7-9,11-13,19H,6,10,14-16H2,(H,29,32). The number of carbonyl (C=O) groups is 2. The molecule has 0 spiro atoms. The second kappa shape index (κ2) is 9.02. The molecular formula is C25H23F3N2O2. The molecule has 3 aromatic rings. The van der Waals surface area contributed by atoms with Crippen molar-refractivity contribution in [1.82, 2.24) is 4.90 Å². The summed E-state index contributed by atoms with van der Waals surface area (Å²) in [4.78, 5) is 27.3. The monoisotopic (exact) mass is 440 g/mol. The van der Waals surface area contributed by atoms with E-state index in [1.807, 2.05) is 42.5 Å². The largest absolute Gasteiger partial charge is 0.418 e. The van der Waals surface area contributed by atoms with E-state index in [4.69, 9.17) is 0 Å². The fraction of sp³-hybridized carbons (Fsp3) is 0.280. The third-order valence-corrected chi connectivity index (χ3v) is 5.86. The number of alkyl halides is 3. The predicted octanol–water partition coefficient (Wildman–Crippen LogP) is 5.28. The highest BCUT2D eigenvalue weighted by atomic mass is 19.4. The maximum atomic E-state index is 13.2. The molecule has 1 unspecified atom stereocenters. The Morgan fingerprint density at radius 2 is 1.69 bits per heavy atom. The van der Waals surface area contributed by atoms with Gasteiger partial charge >= 0.3 is 6.18 Å². The number of nitrogens with one attached hydrogen (secondary N) is 1. The SMILES string of the molecule is O=C(Nc1ccccc1C(F)(F)F)C1CCCN(C(=O)Cc2cccc3ccccc23)C1. The smallest absolute Gasteiger partial charge is 0.342 e. The summed E-state index contributed by atoms with van der Waals surface area (Å²) in [5, 5.41) is 4.49. The van der Waals surface area contributed by atoms with E-state index in [2.05, 4.69) is 5.32 Å². The van der Waals surface area contributed by atoms with E-state index >= 15 is 0 Å². The lowest BCUT2D eigenvalue weighted by Crippen LogP contribution is -2.44. The molecule has 1 atom stereocenters. The molecule has 1 fully saturated rings. The number of hydrogen-bond donors (Lipinski definition) is 1. The molecule has 0 radical (unpaired) electrons. The lowest BCUT2D eigenvalue weighted by molar-refractivity contribution is -0.137. The molecular weight excluding hydrogens is 417 g/mol. The number of para-hydroxylation sites is 1. The van der Waals surface area contributed by atoms with Crippen molar-refractivity contribution >= 4 is 28.3 Å². The molecule has 0 bridgehead atoms. The molecule has 4 nitrogen and oxygen atoms in total. The summed E-state index contributed by atoms with van der Waals surface area (Å²) in [5.74, 6) is -1.14. The minimum atomic E-state index is -4.56. The third kappa shape index (κ3) is 4.77. The number of carbonyl (C=O) groups excluding carboxylic acids is 2. The van der Waals surface area contributed by atoms with Gasteiger partial charge in [-0.3, -0.25) is 9.59 Å². The summed E-state index contributed by atoms with van der Waals surface area (Å²) in [6.45, 7) is 0.732. The van der Waals surface area contributed by atoms with Crippen molar-refractivity contribution in [2.75, 3.05) is 18.4 Å². The molecule has 3 aromatic carbocycles. The molecule has 0 saturated carbocycles.